The molecular weight excluding hydrogens is 106 g/mol. The average molecular weight is 114 g/mol. The van der Waals surface area contributed by atoms with Gasteiger partial charge < -0.3 is 4.74 Å². The minimum absolute atomic E-state index is 0.668. The summed E-state index contributed by atoms with van der Waals surface area (Å²) in [6.07, 6.45) is 1.45. The predicted molar refractivity (Wildman–Crippen MR) is 28.2 cm³/mol. The Hall–Kier alpha value is -0.570. The van der Waals surface area contributed by atoms with Crippen molar-refractivity contribution >= 4 is 5.71 Å². The van der Waals surface area contributed by atoms with Crippen molar-refractivity contribution in [3.8, 4) is 0 Å². The van der Waals surface area contributed by atoms with Crippen LogP contribution >= 0.6 is 0 Å². The molecule has 0 saturated carbocycles. The molecule has 1 rings (SSSR count). The van der Waals surface area contributed by atoms with E-state index in [0.29, 0.717) is 13.2 Å². The van der Waals surface area contributed by atoms with Crippen LogP contribution in [0.3, 0.4) is 0 Å². The standard InChI is InChI=1S/C5H8NO2/c7-6-5-1-3-8-4-2-5/h1-4H2. The summed E-state index contributed by atoms with van der Waals surface area (Å²) in [5.74, 6) is 0. The molecule has 1 saturated heterocycles. The Bertz CT molecular complexity index is 92.6. The fourth-order valence-electron chi connectivity index (χ4n) is 0.698. The number of ether oxygens (including phenoxy) is 1. The summed E-state index contributed by atoms with van der Waals surface area (Å²) in [4.78, 5) is 0. The Morgan fingerprint density at radius 2 is 2.00 bits per heavy atom. The lowest BCUT2D eigenvalue weighted by Crippen LogP contribution is -2.14. The van der Waals surface area contributed by atoms with Gasteiger partial charge in [-0.1, -0.05) is 0 Å². The van der Waals surface area contributed by atoms with Crippen LogP contribution in [0.2, 0.25) is 0 Å². The van der Waals surface area contributed by atoms with Crippen molar-refractivity contribution in [2.45, 2.75) is 12.8 Å². The zero-order valence-electron chi connectivity index (χ0n) is 4.59. The quantitative estimate of drug-likeness (QED) is 0.425. The van der Waals surface area contributed by atoms with Crippen LogP contribution < -0.4 is 0 Å². The van der Waals surface area contributed by atoms with Crippen molar-refractivity contribution in [2.24, 2.45) is 5.16 Å². The van der Waals surface area contributed by atoms with Gasteiger partial charge in [-0.25, -0.2) is 0 Å². The number of nitrogens with zero attached hydrogens (tertiary/aromatic N) is 1. The summed E-state index contributed by atoms with van der Waals surface area (Å²) in [6.45, 7) is 1.34. The Balaban J connectivity index is 2.33. The van der Waals surface area contributed by atoms with E-state index in [0.717, 1.165) is 18.6 Å². The third kappa shape index (κ3) is 1.20. The lowest BCUT2D eigenvalue weighted by molar-refractivity contribution is 0.128. The maximum Gasteiger partial charge on any atom is 0.0669 e. The highest BCUT2D eigenvalue weighted by Crippen LogP contribution is 2.00. The second kappa shape index (κ2) is 2.67. The Morgan fingerprint density at radius 3 is 2.38 bits per heavy atom. The Morgan fingerprint density at radius 1 is 1.38 bits per heavy atom. The molecule has 3 nitrogen and oxygen atoms in total. The first kappa shape index (κ1) is 5.56. The average Bonchev–Trinajstić information content (AvgIpc) is 1.90. The zero-order valence-corrected chi connectivity index (χ0v) is 4.59. The zero-order chi connectivity index (χ0) is 5.82. The highest BCUT2D eigenvalue weighted by atomic mass is 16.5. The molecule has 0 aromatic carbocycles. The molecule has 0 aromatic rings. The molecule has 3 heteroatoms. The molecular formula is C5H8NO2. The van der Waals surface area contributed by atoms with Crippen molar-refractivity contribution in [2.75, 3.05) is 13.2 Å². The largest absolute Gasteiger partial charge is 0.381 e. The van der Waals surface area contributed by atoms with Gasteiger partial charge in [-0.3, -0.25) is 0 Å². The van der Waals surface area contributed by atoms with E-state index >= 15 is 0 Å². The van der Waals surface area contributed by atoms with Gasteiger partial charge in [0.05, 0.1) is 18.9 Å². The van der Waals surface area contributed by atoms with Crippen molar-refractivity contribution in [3.05, 3.63) is 0 Å². The fraction of sp³-hybridized carbons (Fsp3) is 0.800. The van der Waals surface area contributed by atoms with Gasteiger partial charge in [0.2, 0.25) is 0 Å². The smallest absolute Gasteiger partial charge is 0.0669 e. The van der Waals surface area contributed by atoms with E-state index in [1.165, 1.54) is 0 Å². The minimum atomic E-state index is 0.668. The highest BCUT2D eigenvalue weighted by molar-refractivity contribution is 5.84. The van der Waals surface area contributed by atoms with Gasteiger partial charge in [-0.05, 0) is 5.16 Å². The lowest BCUT2D eigenvalue weighted by Gasteiger charge is -2.09. The molecule has 0 unspecified atom stereocenters. The lowest BCUT2D eigenvalue weighted by atomic mass is 10.2. The van der Waals surface area contributed by atoms with Gasteiger partial charge in [-0.15, -0.1) is 5.21 Å². The molecule has 0 atom stereocenters. The molecule has 0 spiro atoms. The van der Waals surface area contributed by atoms with Gasteiger partial charge in [0.25, 0.3) is 0 Å². The number of hydrogen-bond acceptors (Lipinski definition) is 2. The van der Waals surface area contributed by atoms with Crippen LogP contribution in [-0.2, 0) is 9.94 Å². The molecule has 1 heterocycles. The number of hydrogen-bond donors (Lipinski definition) is 0. The van der Waals surface area contributed by atoms with Crippen LogP contribution in [0, 0.1) is 0 Å². The third-order valence-electron chi connectivity index (χ3n) is 1.20. The van der Waals surface area contributed by atoms with Gasteiger partial charge in [0, 0.05) is 12.8 Å². The summed E-state index contributed by atoms with van der Waals surface area (Å²) in [6, 6.07) is 0. The second-order valence-electron chi connectivity index (χ2n) is 1.77. The van der Waals surface area contributed by atoms with E-state index < -0.39 is 0 Å². The molecule has 1 aliphatic heterocycles. The monoisotopic (exact) mass is 114 g/mol. The van der Waals surface area contributed by atoms with Gasteiger partial charge in [0.15, 0.2) is 0 Å². The molecule has 1 radical (unpaired) electrons. The molecule has 0 bridgehead atoms. The van der Waals surface area contributed by atoms with Crippen LogP contribution in [0.1, 0.15) is 12.8 Å². The van der Waals surface area contributed by atoms with E-state index in [4.69, 9.17) is 4.74 Å². The normalized spacial score (nSPS) is 20.8. The molecule has 0 N–H and O–H groups in total. The van der Waals surface area contributed by atoms with Crippen molar-refractivity contribution < 1.29 is 9.94 Å². The van der Waals surface area contributed by atoms with Gasteiger partial charge >= 0.3 is 0 Å². The summed E-state index contributed by atoms with van der Waals surface area (Å²) in [5, 5.41) is 12.7. The van der Waals surface area contributed by atoms with Crippen LogP contribution in [0.5, 0.6) is 0 Å². The molecule has 0 aliphatic carbocycles. The van der Waals surface area contributed by atoms with E-state index in [1.807, 2.05) is 0 Å². The van der Waals surface area contributed by atoms with Crippen molar-refractivity contribution in [1.29, 1.82) is 0 Å². The first-order valence-electron chi connectivity index (χ1n) is 2.69. The predicted octanol–water partition coefficient (Wildman–Crippen LogP) is 0.583. The topological polar surface area (TPSA) is 41.5 Å². The summed E-state index contributed by atoms with van der Waals surface area (Å²) in [5.41, 5.74) is 0.747. The van der Waals surface area contributed by atoms with Crippen LogP contribution in [0.25, 0.3) is 0 Å². The molecule has 0 amide bonds. The fourth-order valence-corrected chi connectivity index (χ4v) is 0.698. The molecule has 0 aromatic heterocycles. The van der Waals surface area contributed by atoms with E-state index in [9.17, 15) is 5.21 Å². The Labute approximate surface area is 48.0 Å². The van der Waals surface area contributed by atoms with Gasteiger partial charge in [-0.2, -0.15) is 0 Å². The SMILES string of the molecule is [O]N=C1CCOCC1. The van der Waals surface area contributed by atoms with E-state index in [2.05, 4.69) is 5.16 Å². The third-order valence-corrected chi connectivity index (χ3v) is 1.20. The van der Waals surface area contributed by atoms with Crippen LogP contribution in [0.4, 0.5) is 0 Å². The first-order chi connectivity index (χ1) is 3.93. The van der Waals surface area contributed by atoms with E-state index in [-0.39, 0.29) is 0 Å². The first-order valence-corrected chi connectivity index (χ1v) is 2.69. The summed E-state index contributed by atoms with van der Waals surface area (Å²) >= 11 is 0. The minimum Gasteiger partial charge on any atom is -0.381 e. The van der Waals surface area contributed by atoms with Crippen molar-refractivity contribution in [1.82, 2.24) is 0 Å². The molecule has 8 heavy (non-hydrogen) atoms. The van der Waals surface area contributed by atoms with Crippen molar-refractivity contribution in [3.63, 3.8) is 0 Å². The molecule has 1 fully saturated rings. The van der Waals surface area contributed by atoms with E-state index in [1.54, 1.807) is 0 Å². The highest BCUT2D eigenvalue weighted by Gasteiger charge is 2.06. The number of rotatable bonds is 0. The Kier molecular flexibility index (Phi) is 1.86. The second-order valence-corrected chi connectivity index (χ2v) is 1.77. The van der Waals surface area contributed by atoms with Crippen LogP contribution in [-0.4, -0.2) is 18.9 Å². The molecule has 45 valence electrons. The summed E-state index contributed by atoms with van der Waals surface area (Å²) in [7, 11) is 0. The molecule has 1 aliphatic rings. The summed E-state index contributed by atoms with van der Waals surface area (Å²) < 4.78 is 4.98. The van der Waals surface area contributed by atoms with Crippen LogP contribution in [0.15, 0.2) is 5.16 Å². The van der Waals surface area contributed by atoms with Gasteiger partial charge in [0.1, 0.15) is 0 Å². The maximum atomic E-state index is 9.82. The maximum absolute atomic E-state index is 9.82.